The molecule has 0 aliphatic heterocycles. The summed E-state index contributed by atoms with van der Waals surface area (Å²) in [5, 5.41) is 0. The smallest absolute Gasteiger partial charge is 0.686 e. The van der Waals surface area contributed by atoms with Crippen LogP contribution in [-0.2, 0) is 14.2 Å². The molecule has 0 spiro atoms. The molecule has 0 heterocycles. The summed E-state index contributed by atoms with van der Waals surface area (Å²) in [6.45, 7) is 6.70. The summed E-state index contributed by atoms with van der Waals surface area (Å²) < 4.78 is 15.3. The van der Waals surface area contributed by atoms with Gasteiger partial charge in [0.2, 0.25) is 0 Å². The van der Waals surface area contributed by atoms with Gasteiger partial charge >= 0.3 is 24.8 Å². The fourth-order valence-corrected chi connectivity index (χ4v) is 0.803. The number of rotatable bonds is 6. The molecule has 0 saturated heterocycles. The maximum Gasteiger partial charge on any atom is 1.00 e. The van der Waals surface area contributed by atoms with E-state index in [1.807, 2.05) is 20.8 Å². The molecular weight excluding hydrogens is 163 g/mol. The maximum atomic E-state index is 6.99. The molecule has 13 heavy (non-hydrogen) atoms. The van der Waals surface area contributed by atoms with Crippen LogP contribution in [0, 0.1) is 12.3 Å². The monoisotopic (exact) mass is 178 g/mol. The second kappa shape index (κ2) is 8.63. The van der Waals surface area contributed by atoms with Crippen LogP contribution in [0.3, 0.4) is 0 Å². The molecule has 0 amide bonds. The van der Waals surface area contributed by atoms with Crippen molar-refractivity contribution < 1.29 is 33.1 Å². The van der Waals surface area contributed by atoms with Crippen molar-refractivity contribution in [3.8, 4) is 5.92 Å². The molecule has 0 aromatic rings. The molecule has 4 heteroatoms. The van der Waals surface area contributed by atoms with E-state index in [2.05, 4.69) is 5.92 Å². The van der Waals surface area contributed by atoms with Crippen LogP contribution in [0.5, 0.6) is 0 Å². The van der Waals surface area contributed by atoms with Crippen LogP contribution < -0.4 is 18.9 Å². The molecule has 3 nitrogen and oxygen atoms in total. The molecule has 70 valence electrons. The predicted molar refractivity (Wildman–Crippen MR) is 44.7 cm³/mol. The normalized spacial score (nSPS) is 10.3. The van der Waals surface area contributed by atoms with Crippen LogP contribution in [0.2, 0.25) is 0 Å². The molecule has 0 saturated carbocycles. The largest absolute Gasteiger partial charge is 1.00 e. The van der Waals surface area contributed by atoms with Crippen molar-refractivity contribution in [1.29, 1.82) is 0 Å². The van der Waals surface area contributed by atoms with E-state index in [0.29, 0.717) is 19.8 Å². The predicted octanol–water partition coefficient (Wildman–Crippen LogP) is -1.66. The van der Waals surface area contributed by atoms with Gasteiger partial charge in [0.25, 0.3) is 0 Å². The van der Waals surface area contributed by atoms with Gasteiger partial charge < -0.3 is 20.6 Å². The van der Waals surface area contributed by atoms with E-state index in [9.17, 15) is 0 Å². The van der Waals surface area contributed by atoms with E-state index in [1.165, 1.54) is 0 Å². The van der Waals surface area contributed by atoms with Gasteiger partial charge in [-0.05, 0) is 20.8 Å². The van der Waals surface area contributed by atoms with Crippen molar-refractivity contribution in [1.82, 2.24) is 0 Å². The standard InChI is InChI=1S/C9H15O3.Li/c1-5-9(10-6-2,11-7-3)12-8-4;/h6-8H2,2-4H3;/q-1;+1. The molecule has 0 radical (unpaired) electrons. The van der Waals surface area contributed by atoms with Crippen LogP contribution in [0.15, 0.2) is 0 Å². The third kappa shape index (κ3) is 5.36. The summed E-state index contributed by atoms with van der Waals surface area (Å²) in [5.41, 5.74) is 0. The van der Waals surface area contributed by atoms with Crippen molar-refractivity contribution in [3.05, 3.63) is 6.42 Å². The third-order valence-corrected chi connectivity index (χ3v) is 1.16. The number of hydrogen-bond acceptors (Lipinski definition) is 3. The summed E-state index contributed by atoms with van der Waals surface area (Å²) in [6.07, 6.45) is 6.99. The first-order chi connectivity index (χ1) is 5.74. The minimum atomic E-state index is -1.39. The van der Waals surface area contributed by atoms with Gasteiger partial charge in [0, 0.05) is 0 Å². The Morgan fingerprint density at radius 1 is 1.00 bits per heavy atom. The van der Waals surface area contributed by atoms with Crippen molar-refractivity contribution in [3.63, 3.8) is 0 Å². The first-order valence-electron chi connectivity index (χ1n) is 4.10. The van der Waals surface area contributed by atoms with Gasteiger partial charge in [-0.25, -0.2) is 0 Å². The molecule has 0 N–H and O–H groups in total. The minimum absolute atomic E-state index is 0. The molecule has 0 rings (SSSR count). The van der Waals surface area contributed by atoms with Crippen LogP contribution in [0.4, 0.5) is 0 Å². The zero-order chi connectivity index (χ0) is 9.45. The second-order valence-corrected chi connectivity index (χ2v) is 1.98. The Kier molecular flexibility index (Phi) is 10.3. The van der Waals surface area contributed by atoms with Gasteiger partial charge in [0.15, 0.2) is 0 Å². The first-order valence-corrected chi connectivity index (χ1v) is 4.10. The van der Waals surface area contributed by atoms with Crippen molar-refractivity contribution in [2.75, 3.05) is 19.8 Å². The Morgan fingerprint density at radius 2 is 1.31 bits per heavy atom. The Bertz CT molecular complexity index is 136. The van der Waals surface area contributed by atoms with Crippen molar-refractivity contribution in [2.24, 2.45) is 0 Å². The molecule has 0 atom stereocenters. The Morgan fingerprint density at radius 3 is 1.46 bits per heavy atom. The molecule has 0 aliphatic rings. The summed E-state index contributed by atoms with van der Waals surface area (Å²) >= 11 is 0. The summed E-state index contributed by atoms with van der Waals surface area (Å²) in [5.74, 6) is 0.711. The summed E-state index contributed by atoms with van der Waals surface area (Å²) in [7, 11) is 0. The maximum absolute atomic E-state index is 6.99. The second-order valence-electron chi connectivity index (χ2n) is 1.98. The molecule has 0 aliphatic carbocycles. The van der Waals surface area contributed by atoms with Gasteiger partial charge in [-0.15, -0.1) is 0 Å². The van der Waals surface area contributed by atoms with Gasteiger partial charge in [0.1, 0.15) is 0 Å². The zero-order valence-corrected chi connectivity index (χ0v) is 8.85. The van der Waals surface area contributed by atoms with Crippen molar-refractivity contribution >= 4 is 0 Å². The van der Waals surface area contributed by atoms with E-state index < -0.39 is 5.97 Å². The minimum Gasteiger partial charge on any atom is -0.686 e. The zero-order valence-electron chi connectivity index (χ0n) is 8.85. The molecule has 0 fully saturated rings. The van der Waals surface area contributed by atoms with Gasteiger partial charge in [-0.1, -0.05) is 0 Å². The van der Waals surface area contributed by atoms with Gasteiger partial charge in [-0.2, -0.15) is 0 Å². The van der Waals surface area contributed by atoms with Gasteiger partial charge in [0.05, 0.1) is 19.8 Å². The number of ether oxygens (including phenoxy) is 3. The van der Waals surface area contributed by atoms with E-state index in [0.717, 1.165) is 0 Å². The van der Waals surface area contributed by atoms with Crippen LogP contribution in [0.1, 0.15) is 20.8 Å². The van der Waals surface area contributed by atoms with Crippen LogP contribution in [-0.4, -0.2) is 25.8 Å². The Labute approximate surface area is 92.3 Å². The SMILES string of the molecule is [C-]#CC(OCC)(OCC)OCC.[Li+]. The topological polar surface area (TPSA) is 27.7 Å². The fraction of sp³-hybridized carbons (Fsp3) is 0.778. The Balaban J connectivity index is 0. The van der Waals surface area contributed by atoms with Crippen LogP contribution in [0.25, 0.3) is 0 Å². The van der Waals surface area contributed by atoms with E-state index >= 15 is 0 Å². The molecule has 0 aromatic carbocycles. The van der Waals surface area contributed by atoms with E-state index in [1.54, 1.807) is 0 Å². The average molecular weight is 178 g/mol. The molecule has 0 unspecified atom stereocenters. The van der Waals surface area contributed by atoms with Crippen molar-refractivity contribution in [2.45, 2.75) is 26.7 Å². The van der Waals surface area contributed by atoms with E-state index in [4.69, 9.17) is 20.6 Å². The van der Waals surface area contributed by atoms with Crippen LogP contribution >= 0.6 is 0 Å². The average Bonchev–Trinajstić information content (AvgIpc) is 2.06. The van der Waals surface area contributed by atoms with Gasteiger partial charge in [-0.3, -0.25) is 5.92 Å². The summed E-state index contributed by atoms with van der Waals surface area (Å²) in [6, 6.07) is 0. The number of hydrogen-bond donors (Lipinski definition) is 0. The molecule has 0 bridgehead atoms. The third-order valence-electron chi connectivity index (χ3n) is 1.16. The molecule has 0 aromatic heterocycles. The fourth-order valence-electron chi connectivity index (χ4n) is 0.803. The molecular formula is C9H15LiO3. The first kappa shape index (κ1) is 15.5. The summed E-state index contributed by atoms with van der Waals surface area (Å²) in [4.78, 5) is 0. The Hall–Kier alpha value is 0.0374. The quantitative estimate of drug-likeness (QED) is 0.211. The van der Waals surface area contributed by atoms with E-state index in [-0.39, 0.29) is 18.9 Å².